The molecule has 1 aliphatic heterocycles. The minimum Gasteiger partial charge on any atom is -0.454 e. The molecule has 0 fully saturated rings. The van der Waals surface area contributed by atoms with Crippen LogP contribution in [0.3, 0.4) is 0 Å². The molecular formula is C50H25N7O. The highest BCUT2D eigenvalue weighted by molar-refractivity contribution is 6.11. The van der Waals surface area contributed by atoms with E-state index < -0.39 is 5.41 Å². The number of fused-ring (bicyclic) bond motifs is 15. The van der Waals surface area contributed by atoms with Crippen LogP contribution in [0.4, 0.5) is 5.69 Å². The summed E-state index contributed by atoms with van der Waals surface area (Å²) in [5.41, 5.74) is 11.8. The van der Waals surface area contributed by atoms with Crippen LogP contribution >= 0.6 is 0 Å². The van der Waals surface area contributed by atoms with E-state index in [0.717, 1.165) is 94.4 Å². The van der Waals surface area contributed by atoms with Crippen LogP contribution in [0.15, 0.2) is 152 Å². The summed E-state index contributed by atoms with van der Waals surface area (Å²) < 4.78 is 11.5. The van der Waals surface area contributed by atoms with Crippen LogP contribution < -0.4 is 4.74 Å². The Morgan fingerprint density at radius 3 is 2.03 bits per heavy atom. The third-order valence-electron chi connectivity index (χ3n) is 11.9. The van der Waals surface area contributed by atoms with E-state index in [2.05, 4.69) is 80.7 Å². The zero-order valence-corrected chi connectivity index (χ0v) is 30.5. The first kappa shape index (κ1) is 31.8. The van der Waals surface area contributed by atoms with E-state index in [9.17, 15) is 10.5 Å². The lowest BCUT2D eigenvalue weighted by atomic mass is 9.66. The standard InChI is InChI=1S/C50H25N7O/c1-53-31-17-20-44-36(24-31)35-23-30(27-52)16-19-43(35)57(44)45-13-6-10-39-49(45)58-46-14-5-3-9-37(46)50(39)38-11-7-21-54-47(38)48-40(50)25-32(28-55-48)56-41-12-4-2-8-33(41)34-22-29(26-51)15-18-42(34)56/h2-25,28H. The quantitative estimate of drug-likeness (QED) is 0.164. The van der Waals surface area contributed by atoms with Crippen molar-refractivity contribution < 1.29 is 4.74 Å². The second-order valence-electron chi connectivity index (χ2n) is 14.7. The number of hydrogen-bond acceptors (Lipinski definition) is 5. The minimum atomic E-state index is -0.876. The summed E-state index contributed by atoms with van der Waals surface area (Å²) in [6, 6.07) is 51.0. The largest absolute Gasteiger partial charge is 0.454 e. The average Bonchev–Trinajstić information content (AvgIpc) is 3.89. The molecule has 2 aliphatic rings. The number of ether oxygens (including phenoxy) is 1. The Labute approximate surface area is 331 Å². The Kier molecular flexibility index (Phi) is 6.31. The number of benzene rings is 6. The van der Waals surface area contributed by atoms with E-state index in [0.29, 0.717) is 22.6 Å². The first-order valence-electron chi connectivity index (χ1n) is 18.8. The molecule has 58 heavy (non-hydrogen) atoms. The van der Waals surface area contributed by atoms with Gasteiger partial charge in [0.15, 0.2) is 11.4 Å². The van der Waals surface area contributed by atoms with Crippen LogP contribution in [0.5, 0.6) is 11.5 Å². The van der Waals surface area contributed by atoms with Crippen LogP contribution in [0.1, 0.15) is 33.4 Å². The Morgan fingerprint density at radius 1 is 0.569 bits per heavy atom. The van der Waals surface area contributed by atoms with Crippen LogP contribution in [0.25, 0.3) is 71.2 Å². The lowest BCUT2D eigenvalue weighted by molar-refractivity contribution is 0.434. The SMILES string of the molecule is [C-]#[N+]c1ccc2c(c1)c1cc(C#N)ccc1n2-c1cccc2c1Oc1ccccc1C21c2cccnc2-c2ncc(-n3c4ccccc4c4cc(C#N)ccc43)cc21. The van der Waals surface area contributed by atoms with Crippen molar-refractivity contribution in [2.24, 2.45) is 0 Å². The fourth-order valence-corrected chi connectivity index (χ4v) is 9.63. The molecule has 6 aromatic carbocycles. The maximum absolute atomic E-state index is 9.88. The zero-order valence-electron chi connectivity index (χ0n) is 30.5. The van der Waals surface area contributed by atoms with Gasteiger partial charge in [0.2, 0.25) is 0 Å². The number of hydrogen-bond donors (Lipinski definition) is 0. The Bertz CT molecular complexity index is 3540. The van der Waals surface area contributed by atoms with Crippen molar-refractivity contribution in [3.63, 3.8) is 0 Å². The third kappa shape index (κ3) is 3.98. The molecule has 1 aliphatic carbocycles. The van der Waals surface area contributed by atoms with E-state index in [4.69, 9.17) is 21.3 Å². The van der Waals surface area contributed by atoms with Gasteiger partial charge in [-0.15, -0.1) is 0 Å². The molecule has 4 aromatic heterocycles. The Morgan fingerprint density at radius 2 is 1.22 bits per heavy atom. The number of rotatable bonds is 2. The van der Waals surface area contributed by atoms with Crippen LogP contribution in [0, 0.1) is 29.2 Å². The van der Waals surface area contributed by atoms with Crippen molar-refractivity contribution in [2.75, 3.05) is 0 Å². The highest BCUT2D eigenvalue weighted by atomic mass is 16.5. The van der Waals surface area contributed by atoms with Crippen LogP contribution in [0.2, 0.25) is 0 Å². The number of nitriles is 2. The lowest BCUT2D eigenvalue weighted by Crippen LogP contribution is -2.32. The van der Waals surface area contributed by atoms with E-state index in [-0.39, 0.29) is 0 Å². The summed E-state index contributed by atoms with van der Waals surface area (Å²) >= 11 is 0. The second kappa shape index (κ2) is 11.5. The molecule has 1 atom stereocenters. The zero-order chi connectivity index (χ0) is 38.7. The highest BCUT2D eigenvalue weighted by Crippen LogP contribution is 2.62. The summed E-state index contributed by atoms with van der Waals surface area (Å²) in [7, 11) is 0. The molecule has 0 amide bonds. The first-order chi connectivity index (χ1) is 28.6. The molecular weight excluding hydrogens is 715 g/mol. The third-order valence-corrected chi connectivity index (χ3v) is 11.9. The van der Waals surface area contributed by atoms with Gasteiger partial charge < -0.3 is 13.9 Å². The average molecular weight is 740 g/mol. The van der Waals surface area contributed by atoms with Crippen molar-refractivity contribution in [3.8, 4) is 46.4 Å². The predicted octanol–water partition coefficient (Wildman–Crippen LogP) is 11.4. The molecule has 0 radical (unpaired) electrons. The van der Waals surface area contributed by atoms with Gasteiger partial charge in [-0.05, 0) is 89.8 Å². The first-order valence-corrected chi connectivity index (χ1v) is 18.8. The number of aromatic nitrogens is 4. The molecule has 8 heteroatoms. The van der Waals surface area contributed by atoms with Gasteiger partial charge in [-0.1, -0.05) is 60.7 Å². The molecule has 5 heterocycles. The van der Waals surface area contributed by atoms with Gasteiger partial charge >= 0.3 is 0 Å². The molecule has 12 rings (SSSR count). The maximum atomic E-state index is 9.88. The van der Waals surface area contributed by atoms with Gasteiger partial charge in [0.1, 0.15) is 5.75 Å². The molecule has 0 saturated heterocycles. The molecule has 0 saturated carbocycles. The summed E-state index contributed by atoms with van der Waals surface area (Å²) in [5, 5.41) is 23.5. The molecule has 10 aromatic rings. The number of para-hydroxylation sites is 3. The summed E-state index contributed by atoms with van der Waals surface area (Å²) in [5.74, 6) is 1.41. The minimum absolute atomic E-state index is 0.525. The molecule has 8 nitrogen and oxygen atoms in total. The van der Waals surface area contributed by atoms with Gasteiger partial charge in [-0.25, -0.2) is 4.85 Å². The molecule has 0 bridgehead atoms. The fourth-order valence-electron chi connectivity index (χ4n) is 9.63. The van der Waals surface area contributed by atoms with Crippen molar-refractivity contribution in [3.05, 3.63) is 197 Å². The van der Waals surface area contributed by atoms with Gasteiger partial charge in [-0.2, -0.15) is 10.5 Å². The van der Waals surface area contributed by atoms with Crippen LogP contribution in [-0.2, 0) is 5.41 Å². The summed E-state index contributed by atoms with van der Waals surface area (Å²) in [6.07, 6.45) is 3.75. The number of nitrogens with zero attached hydrogens (tertiary/aromatic N) is 7. The van der Waals surface area contributed by atoms with E-state index in [1.165, 1.54) is 0 Å². The van der Waals surface area contributed by atoms with Gasteiger partial charge in [0.05, 0.1) is 86.3 Å². The lowest BCUT2D eigenvalue weighted by Gasteiger charge is -2.39. The molecule has 1 spiro atoms. The van der Waals surface area contributed by atoms with Gasteiger partial charge in [0, 0.05) is 39.0 Å². The molecule has 1 unspecified atom stereocenters. The second-order valence-corrected chi connectivity index (χ2v) is 14.7. The normalized spacial score (nSPS) is 14.7. The van der Waals surface area contributed by atoms with Crippen molar-refractivity contribution in [1.29, 1.82) is 10.5 Å². The Hall–Kier alpha value is -8.51. The van der Waals surface area contributed by atoms with E-state index >= 15 is 0 Å². The van der Waals surface area contributed by atoms with Crippen LogP contribution in [-0.4, -0.2) is 19.1 Å². The predicted molar refractivity (Wildman–Crippen MR) is 224 cm³/mol. The number of pyridine rings is 2. The molecule has 266 valence electrons. The van der Waals surface area contributed by atoms with Crippen molar-refractivity contribution in [1.82, 2.24) is 19.1 Å². The van der Waals surface area contributed by atoms with E-state index in [1.807, 2.05) is 97.3 Å². The van der Waals surface area contributed by atoms with Crippen molar-refractivity contribution in [2.45, 2.75) is 5.41 Å². The summed E-state index contributed by atoms with van der Waals surface area (Å²) in [6.45, 7) is 7.76. The topological polar surface area (TPSA) is 96.8 Å². The molecule has 0 N–H and O–H groups in total. The summed E-state index contributed by atoms with van der Waals surface area (Å²) in [4.78, 5) is 14.0. The van der Waals surface area contributed by atoms with Crippen molar-refractivity contribution >= 4 is 49.3 Å². The monoisotopic (exact) mass is 739 g/mol. The Balaban J connectivity index is 1.19. The van der Waals surface area contributed by atoms with Gasteiger partial charge in [-0.3, -0.25) is 9.97 Å². The van der Waals surface area contributed by atoms with Gasteiger partial charge in [0.25, 0.3) is 0 Å². The fraction of sp³-hybridized carbons (Fsp3) is 0.0200. The highest BCUT2D eigenvalue weighted by Gasteiger charge is 2.53. The maximum Gasteiger partial charge on any atom is 0.188 e. The van der Waals surface area contributed by atoms with E-state index in [1.54, 1.807) is 0 Å². The smallest absolute Gasteiger partial charge is 0.188 e.